The van der Waals surface area contributed by atoms with E-state index in [0.717, 1.165) is 29.7 Å². The van der Waals surface area contributed by atoms with Crippen LogP contribution in [0.1, 0.15) is 21.6 Å². The van der Waals surface area contributed by atoms with Crippen LogP contribution < -0.4 is 20.7 Å². The molecule has 0 radical (unpaired) electrons. The number of carbonyl (C=O) groups is 1. The monoisotopic (exact) mass is 533 g/mol. The molecule has 1 aromatic carbocycles. The van der Waals surface area contributed by atoms with Crippen LogP contribution in [0.3, 0.4) is 0 Å². The van der Waals surface area contributed by atoms with Gasteiger partial charge in [0.2, 0.25) is 11.9 Å². The highest BCUT2D eigenvalue weighted by Gasteiger charge is 2.22. The van der Waals surface area contributed by atoms with E-state index in [1.807, 2.05) is 19.1 Å². The minimum atomic E-state index is -0.212. The standard InChI is InChI=1S/C29H27N9O2/c1-20-24-9-10-25(39)38(23-7-5-22(6-8-23)27(40)33-19-21-4-2-11-30-18-21)26(24)35-29(34-20)37-16-14-36(15-17-37)28-31-12-3-13-32-28/h2-13,18H,14-17,19H2,1H3,(H,33,40). The van der Waals surface area contributed by atoms with Gasteiger partial charge in [0.15, 0.2) is 5.65 Å². The second-order valence-electron chi connectivity index (χ2n) is 9.47. The highest BCUT2D eigenvalue weighted by molar-refractivity contribution is 5.94. The molecule has 0 spiro atoms. The topological polar surface area (TPSA) is 122 Å². The Hall–Kier alpha value is -5.19. The van der Waals surface area contributed by atoms with E-state index in [1.165, 1.54) is 6.07 Å². The Labute approximate surface area is 230 Å². The third kappa shape index (κ3) is 5.08. The molecule has 40 heavy (non-hydrogen) atoms. The first-order chi connectivity index (χ1) is 19.6. The smallest absolute Gasteiger partial charge is 0.256 e. The van der Waals surface area contributed by atoms with Crippen LogP contribution in [0.25, 0.3) is 16.7 Å². The molecule has 1 N–H and O–H groups in total. The fraction of sp³-hybridized carbons (Fsp3) is 0.207. The second-order valence-corrected chi connectivity index (χ2v) is 9.47. The Morgan fingerprint density at radius 2 is 1.57 bits per heavy atom. The van der Waals surface area contributed by atoms with Crippen LogP contribution in [0.4, 0.5) is 11.9 Å². The largest absolute Gasteiger partial charge is 0.348 e. The summed E-state index contributed by atoms with van der Waals surface area (Å²) in [6.07, 6.45) is 6.89. The normalized spacial score (nSPS) is 13.4. The van der Waals surface area contributed by atoms with Crippen molar-refractivity contribution in [2.75, 3.05) is 36.0 Å². The molecule has 0 saturated carbocycles. The Balaban J connectivity index is 1.25. The van der Waals surface area contributed by atoms with Crippen molar-refractivity contribution < 1.29 is 4.79 Å². The summed E-state index contributed by atoms with van der Waals surface area (Å²) < 4.78 is 1.57. The molecule has 5 heterocycles. The lowest BCUT2D eigenvalue weighted by Gasteiger charge is -2.34. The number of pyridine rings is 2. The summed E-state index contributed by atoms with van der Waals surface area (Å²) in [6.45, 7) is 5.16. The summed E-state index contributed by atoms with van der Waals surface area (Å²) in [5, 5.41) is 3.69. The summed E-state index contributed by atoms with van der Waals surface area (Å²) in [4.78, 5) is 52.4. The van der Waals surface area contributed by atoms with Crippen LogP contribution in [-0.2, 0) is 6.54 Å². The average molecular weight is 534 g/mol. The second kappa shape index (κ2) is 10.9. The average Bonchev–Trinajstić information content (AvgIpc) is 3.01. The van der Waals surface area contributed by atoms with Gasteiger partial charge in [-0.2, -0.15) is 4.98 Å². The Kier molecular flexibility index (Phi) is 6.84. The predicted molar refractivity (Wildman–Crippen MR) is 152 cm³/mol. The van der Waals surface area contributed by atoms with Gasteiger partial charge in [-0.25, -0.2) is 15.0 Å². The molecule has 11 nitrogen and oxygen atoms in total. The van der Waals surface area contributed by atoms with Gasteiger partial charge in [-0.15, -0.1) is 0 Å². The van der Waals surface area contributed by atoms with Gasteiger partial charge in [-0.3, -0.25) is 19.1 Å². The number of rotatable bonds is 6. The minimum Gasteiger partial charge on any atom is -0.348 e. The number of hydrogen-bond acceptors (Lipinski definition) is 9. The highest BCUT2D eigenvalue weighted by atomic mass is 16.1. The van der Waals surface area contributed by atoms with Crippen LogP contribution in [0, 0.1) is 6.92 Å². The van der Waals surface area contributed by atoms with Crippen molar-refractivity contribution in [1.29, 1.82) is 0 Å². The zero-order valence-corrected chi connectivity index (χ0v) is 21.9. The molecule has 5 aromatic rings. The van der Waals surface area contributed by atoms with Gasteiger partial charge in [-0.1, -0.05) is 6.07 Å². The summed E-state index contributed by atoms with van der Waals surface area (Å²) >= 11 is 0. The molecule has 11 heteroatoms. The van der Waals surface area contributed by atoms with Crippen molar-refractivity contribution in [3.05, 3.63) is 107 Å². The van der Waals surface area contributed by atoms with Gasteiger partial charge < -0.3 is 15.1 Å². The molecule has 6 rings (SSSR count). The number of aromatic nitrogens is 6. The summed E-state index contributed by atoms with van der Waals surface area (Å²) in [5.74, 6) is 1.08. The number of anilines is 2. The first-order valence-corrected chi connectivity index (χ1v) is 13.0. The van der Waals surface area contributed by atoms with Crippen LogP contribution in [0.15, 0.2) is 84.2 Å². The first kappa shape index (κ1) is 25.1. The lowest BCUT2D eigenvalue weighted by Crippen LogP contribution is -2.47. The Bertz CT molecular complexity index is 1700. The van der Waals surface area contributed by atoms with Gasteiger partial charge in [0.1, 0.15) is 0 Å². The fourth-order valence-corrected chi connectivity index (χ4v) is 4.75. The van der Waals surface area contributed by atoms with Crippen molar-refractivity contribution in [2.24, 2.45) is 0 Å². The Morgan fingerprint density at radius 1 is 0.850 bits per heavy atom. The zero-order chi connectivity index (χ0) is 27.5. The highest BCUT2D eigenvalue weighted by Crippen LogP contribution is 2.22. The van der Waals surface area contributed by atoms with E-state index in [9.17, 15) is 9.59 Å². The van der Waals surface area contributed by atoms with Crippen molar-refractivity contribution in [2.45, 2.75) is 13.5 Å². The Morgan fingerprint density at radius 3 is 2.27 bits per heavy atom. The molecule has 0 bridgehead atoms. The number of carbonyl (C=O) groups excluding carboxylic acids is 1. The van der Waals surface area contributed by atoms with Gasteiger partial charge in [0.05, 0.1) is 11.4 Å². The van der Waals surface area contributed by atoms with Crippen LogP contribution in [0.5, 0.6) is 0 Å². The summed E-state index contributed by atoms with van der Waals surface area (Å²) in [5.41, 5.74) is 3.13. The molecule has 0 unspecified atom stereocenters. The molecule has 4 aromatic heterocycles. The maximum atomic E-state index is 13.1. The number of benzene rings is 1. The van der Waals surface area contributed by atoms with E-state index in [1.54, 1.807) is 65.8 Å². The summed E-state index contributed by atoms with van der Waals surface area (Å²) in [6, 6.07) is 15.7. The molecule has 200 valence electrons. The van der Waals surface area contributed by atoms with Crippen LogP contribution in [0.2, 0.25) is 0 Å². The van der Waals surface area contributed by atoms with E-state index >= 15 is 0 Å². The molecule has 0 aliphatic carbocycles. The van der Waals surface area contributed by atoms with Crippen molar-refractivity contribution >= 4 is 28.8 Å². The minimum absolute atomic E-state index is 0.207. The maximum absolute atomic E-state index is 13.1. The van der Waals surface area contributed by atoms with Crippen molar-refractivity contribution in [3.63, 3.8) is 0 Å². The molecular formula is C29H27N9O2. The number of nitrogens with one attached hydrogen (secondary N) is 1. The van der Waals surface area contributed by atoms with Crippen LogP contribution in [-0.4, -0.2) is 61.6 Å². The molecular weight excluding hydrogens is 506 g/mol. The number of amides is 1. The van der Waals surface area contributed by atoms with E-state index in [2.05, 4.69) is 30.1 Å². The molecule has 1 fully saturated rings. The number of hydrogen-bond donors (Lipinski definition) is 1. The predicted octanol–water partition coefficient (Wildman–Crippen LogP) is 2.53. The summed E-state index contributed by atoms with van der Waals surface area (Å²) in [7, 11) is 0. The number of piperazine rings is 1. The number of nitrogens with zero attached hydrogens (tertiary/aromatic N) is 8. The zero-order valence-electron chi connectivity index (χ0n) is 21.9. The molecule has 1 amide bonds. The lowest BCUT2D eigenvalue weighted by atomic mass is 10.1. The van der Waals surface area contributed by atoms with Gasteiger partial charge >= 0.3 is 0 Å². The quantitative estimate of drug-likeness (QED) is 0.351. The maximum Gasteiger partial charge on any atom is 0.256 e. The van der Waals surface area contributed by atoms with Gasteiger partial charge in [0, 0.05) is 74.5 Å². The van der Waals surface area contributed by atoms with Gasteiger partial charge in [0.25, 0.3) is 11.5 Å². The molecule has 0 atom stereocenters. The molecule has 1 aliphatic heterocycles. The van der Waals surface area contributed by atoms with Gasteiger partial charge in [-0.05, 0) is 55.0 Å². The van der Waals surface area contributed by atoms with Crippen molar-refractivity contribution in [1.82, 2.24) is 34.8 Å². The SMILES string of the molecule is Cc1nc(N2CCN(c3ncccn3)CC2)nc2c1ccc(=O)n2-c1ccc(C(=O)NCc2cccnc2)cc1. The number of aryl methyl sites for hydroxylation is 1. The third-order valence-corrected chi connectivity index (χ3v) is 6.89. The fourth-order valence-electron chi connectivity index (χ4n) is 4.75. The number of fused-ring (bicyclic) bond motifs is 1. The first-order valence-electron chi connectivity index (χ1n) is 13.0. The van der Waals surface area contributed by atoms with Crippen LogP contribution >= 0.6 is 0 Å². The molecule has 1 aliphatic rings. The van der Waals surface area contributed by atoms with E-state index in [4.69, 9.17) is 9.97 Å². The van der Waals surface area contributed by atoms with E-state index < -0.39 is 0 Å². The van der Waals surface area contributed by atoms with E-state index in [-0.39, 0.29) is 11.5 Å². The van der Waals surface area contributed by atoms with Crippen molar-refractivity contribution in [3.8, 4) is 5.69 Å². The molecule has 1 saturated heterocycles. The van der Waals surface area contributed by atoms with E-state index in [0.29, 0.717) is 48.4 Å². The third-order valence-electron chi connectivity index (χ3n) is 6.89. The lowest BCUT2D eigenvalue weighted by molar-refractivity contribution is 0.0951.